The zero-order chi connectivity index (χ0) is 22.4. The van der Waals surface area contributed by atoms with E-state index in [2.05, 4.69) is 5.32 Å². The molecule has 0 bridgehead atoms. The molecule has 0 aliphatic heterocycles. The van der Waals surface area contributed by atoms with Crippen molar-refractivity contribution >= 4 is 38.9 Å². The van der Waals surface area contributed by atoms with Gasteiger partial charge >= 0.3 is 0 Å². The fourth-order valence-electron chi connectivity index (χ4n) is 3.01. The first-order chi connectivity index (χ1) is 14.8. The fourth-order valence-corrected chi connectivity index (χ4v) is 4.65. The second kappa shape index (κ2) is 9.85. The van der Waals surface area contributed by atoms with E-state index in [4.69, 9.17) is 16.3 Å². The number of hydrogen-bond acceptors (Lipinski definition) is 4. The first-order valence-corrected chi connectivity index (χ1v) is 11.4. The Morgan fingerprint density at radius 1 is 1.03 bits per heavy atom. The standard InChI is InChI=1S/C23H23ClN2O4S/c1-17-8-11-20(12-9-17)31(28,29)26(19-6-4-3-5-7-19)15-14-23(27)25-21-16-18(24)10-13-22(21)30-2/h3-13,16H,14-15H2,1-2H3,(H,25,27). The Bertz CT molecular complexity index is 1150. The van der Waals surface area contributed by atoms with E-state index in [1.807, 2.05) is 6.92 Å². The van der Waals surface area contributed by atoms with Crippen LogP contribution in [0.25, 0.3) is 0 Å². The van der Waals surface area contributed by atoms with E-state index in [0.29, 0.717) is 22.1 Å². The van der Waals surface area contributed by atoms with E-state index in [9.17, 15) is 13.2 Å². The number of amides is 1. The lowest BCUT2D eigenvalue weighted by atomic mass is 10.2. The third-order valence-corrected chi connectivity index (χ3v) is 6.71. The molecule has 6 nitrogen and oxygen atoms in total. The highest BCUT2D eigenvalue weighted by Gasteiger charge is 2.25. The summed E-state index contributed by atoms with van der Waals surface area (Å²) < 4.78 is 33.1. The molecule has 0 unspecified atom stereocenters. The zero-order valence-corrected chi connectivity index (χ0v) is 18.8. The van der Waals surface area contributed by atoms with Crippen molar-refractivity contribution in [2.75, 3.05) is 23.3 Å². The molecule has 0 heterocycles. The number of halogens is 1. The molecule has 8 heteroatoms. The molecule has 0 saturated carbocycles. The number of aryl methyl sites for hydroxylation is 1. The van der Waals surface area contributed by atoms with Gasteiger partial charge in [-0.15, -0.1) is 0 Å². The summed E-state index contributed by atoms with van der Waals surface area (Å²) >= 11 is 6.01. The number of nitrogens with zero attached hydrogens (tertiary/aromatic N) is 1. The van der Waals surface area contributed by atoms with Crippen LogP contribution in [0, 0.1) is 6.92 Å². The number of carbonyl (C=O) groups is 1. The highest BCUT2D eigenvalue weighted by atomic mass is 35.5. The van der Waals surface area contributed by atoms with Gasteiger partial charge < -0.3 is 10.1 Å². The summed E-state index contributed by atoms with van der Waals surface area (Å²) in [4.78, 5) is 12.8. The van der Waals surface area contributed by atoms with Gasteiger partial charge in [0.05, 0.1) is 23.4 Å². The number of carbonyl (C=O) groups excluding carboxylic acids is 1. The molecule has 0 aliphatic carbocycles. The Labute approximate surface area is 187 Å². The number of rotatable bonds is 8. The first-order valence-electron chi connectivity index (χ1n) is 9.59. The SMILES string of the molecule is COc1ccc(Cl)cc1NC(=O)CCN(c1ccccc1)S(=O)(=O)c1ccc(C)cc1. The van der Waals surface area contributed by atoms with Gasteiger partial charge in [0.25, 0.3) is 10.0 Å². The summed E-state index contributed by atoms with van der Waals surface area (Å²) in [5.41, 5.74) is 1.86. The fraction of sp³-hybridized carbons (Fsp3) is 0.174. The molecule has 162 valence electrons. The number of anilines is 2. The van der Waals surface area contributed by atoms with Crippen LogP contribution in [0.5, 0.6) is 5.75 Å². The van der Waals surface area contributed by atoms with Crippen molar-refractivity contribution in [1.29, 1.82) is 0 Å². The maximum atomic E-state index is 13.3. The van der Waals surface area contributed by atoms with Gasteiger partial charge in [-0.25, -0.2) is 8.42 Å². The summed E-state index contributed by atoms with van der Waals surface area (Å²) in [6.07, 6.45) is -0.0599. The molecule has 0 radical (unpaired) electrons. The van der Waals surface area contributed by atoms with Gasteiger partial charge in [0, 0.05) is 18.0 Å². The molecule has 3 aromatic carbocycles. The van der Waals surface area contributed by atoms with Crippen LogP contribution in [-0.2, 0) is 14.8 Å². The highest BCUT2D eigenvalue weighted by Crippen LogP contribution is 2.28. The normalized spacial score (nSPS) is 11.1. The van der Waals surface area contributed by atoms with Crippen molar-refractivity contribution in [1.82, 2.24) is 0 Å². The molecule has 0 atom stereocenters. The molecular weight excluding hydrogens is 436 g/mol. The number of ether oxygens (including phenoxy) is 1. The summed E-state index contributed by atoms with van der Waals surface area (Å²) in [7, 11) is -2.36. The summed E-state index contributed by atoms with van der Waals surface area (Å²) in [6.45, 7) is 1.86. The lowest BCUT2D eigenvalue weighted by Gasteiger charge is -2.24. The Morgan fingerprint density at radius 2 is 1.71 bits per heavy atom. The van der Waals surface area contributed by atoms with E-state index in [0.717, 1.165) is 5.56 Å². The van der Waals surface area contributed by atoms with Crippen LogP contribution in [0.4, 0.5) is 11.4 Å². The number of hydrogen-bond donors (Lipinski definition) is 1. The first kappa shape index (κ1) is 22.7. The summed E-state index contributed by atoms with van der Waals surface area (Å²) in [5, 5.41) is 3.19. The number of methoxy groups -OCH3 is 1. The van der Waals surface area contributed by atoms with Gasteiger partial charge in [0.1, 0.15) is 5.75 Å². The topological polar surface area (TPSA) is 75.7 Å². The van der Waals surface area contributed by atoms with Gasteiger partial charge in [-0.05, 0) is 49.4 Å². The third kappa shape index (κ3) is 5.57. The minimum Gasteiger partial charge on any atom is -0.495 e. The van der Waals surface area contributed by atoms with Crippen LogP contribution >= 0.6 is 11.6 Å². The van der Waals surface area contributed by atoms with Crippen molar-refractivity contribution in [2.45, 2.75) is 18.2 Å². The van der Waals surface area contributed by atoms with E-state index >= 15 is 0 Å². The van der Waals surface area contributed by atoms with Crippen molar-refractivity contribution in [3.63, 3.8) is 0 Å². The van der Waals surface area contributed by atoms with E-state index < -0.39 is 10.0 Å². The largest absolute Gasteiger partial charge is 0.495 e. The number of para-hydroxylation sites is 1. The molecule has 0 saturated heterocycles. The summed E-state index contributed by atoms with van der Waals surface area (Å²) in [6, 6.07) is 20.2. The van der Waals surface area contributed by atoms with Crippen LogP contribution in [0.1, 0.15) is 12.0 Å². The Balaban J connectivity index is 1.82. The molecule has 1 N–H and O–H groups in total. The van der Waals surface area contributed by atoms with Gasteiger partial charge in [-0.3, -0.25) is 9.10 Å². The Hall–Kier alpha value is -3.03. The lowest BCUT2D eigenvalue weighted by molar-refractivity contribution is -0.116. The molecule has 0 aliphatic rings. The van der Waals surface area contributed by atoms with E-state index in [-0.39, 0.29) is 23.8 Å². The van der Waals surface area contributed by atoms with Crippen LogP contribution < -0.4 is 14.4 Å². The molecule has 3 aromatic rings. The predicted molar refractivity (Wildman–Crippen MR) is 123 cm³/mol. The van der Waals surface area contributed by atoms with E-state index in [1.54, 1.807) is 72.8 Å². The van der Waals surface area contributed by atoms with Gasteiger partial charge in [-0.1, -0.05) is 47.5 Å². The van der Waals surface area contributed by atoms with Crippen LogP contribution in [0.15, 0.2) is 77.7 Å². The summed E-state index contributed by atoms with van der Waals surface area (Å²) in [5.74, 6) is 0.102. The van der Waals surface area contributed by atoms with Gasteiger partial charge in [0.2, 0.25) is 5.91 Å². The molecule has 31 heavy (non-hydrogen) atoms. The molecule has 0 aromatic heterocycles. The third-order valence-electron chi connectivity index (χ3n) is 4.63. The predicted octanol–water partition coefficient (Wildman–Crippen LogP) is 4.88. The Morgan fingerprint density at radius 3 is 2.35 bits per heavy atom. The smallest absolute Gasteiger partial charge is 0.264 e. The van der Waals surface area contributed by atoms with Gasteiger partial charge in [-0.2, -0.15) is 0 Å². The maximum Gasteiger partial charge on any atom is 0.264 e. The van der Waals surface area contributed by atoms with Crippen molar-refractivity contribution in [2.24, 2.45) is 0 Å². The zero-order valence-electron chi connectivity index (χ0n) is 17.2. The minimum atomic E-state index is -3.85. The lowest BCUT2D eigenvalue weighted by Crippen LogP contribution is -2.34. The molecule has 0 spiro atoms. The van der Waals surface area contributed by atoms with Gasteiger partial charge in [0.15, 0.2) is 0 Å². The molecular formula is C23H23ClN2O4S. The van der Waals surface area contributed by atoms with Crippen LogP contribution in [0.2, 0.25) is 5.02 Å². The number of benzene rings is 3. The average molecular weight is 459 g/mol. The van der Waals surface area contributed by atoms with Crippen molar-refractivity contribution in [3.8, 4) is 5.75 Å². The number of sulfonamides is 1. The quantitative estimate of drug-likeness (QED) is 0.522. The van der Waals surface area contributed by atoms with Crippen LogP contribution in [0.3, 0.4) is 0 Å². The van der Waals surface area contributed by atoms with E-state index in [1.165, 1.54) is 11.4 Å². The van der Waals surface area contributed by atoms with Crippen molar-refractivity contribution in [3.05, 3.63) is 83.4 Å². The minimum absolute atomic E-state index is 0.0328. The monoisotopic (exact) mass is 458 g/mol. The molecule has 0 fully saturated rings. The second-order valence-electron chi connectivity index (χ2n) is 6.87. The Kier molecular flexibility index (Phi) is 7.20. The maximum absolute atomic E-state index is 13.3. The highest BCUT2D eigenvalue weighted by molar-refractivity contribution is 7.92. The molecule has 1 amide bonds. The molecule has 3 rings (SSSR count). The van der Waals surface area contributed by atoms with Crippen molar-refractivity contribution < 1.29 is 17.9 Å². The van der Waals surface area contributed by atoms with Crippen LogP contribution in [-0.4, -0.2) is 28.0 Å². The second-order valence-corrected chi connectivity index (χ2v) is 9.17. The number of nitrogens with one attached hydrogen (secondary N) is 1. The average Bonchev–Trinajstić information content (AvgIpc) is 2.75.